The number of rotatable bonds is 3. The predicted octanol–water partition coefficient (Wildman–Crippen LogP) is 2.35. The van der Waals surface area contributed by atoms with Gasteiger partial charge in [0, 0.05) is 21.7 Å². The van der Waals surface area contributed by atoms with Crippen LogP contribution < -0.4 is 22.3 Å². The fourth-order valence-corrected chi connectivity index (χ4v) is 2.61. The summed E-state index contributed by atoms with van der Waals surface area (Å²) in [7, 11) is 0. The average molecular weight is 385 g/mol. The number of anilines is 2. The standard InChI is InChI=1S/C15H10ClFN2S.BrH/c16-11-3-7-13(8-4-11)18-15-19-14(9-20-15)10-1-5-12(17)6-2-10;/h1-9H,(H,18,19);1H/p-1. The lowest BCUT2D eigenvalue weighted by Gasteiger charge is -2.01. The van der Waals surface area contributed by atoms with Gasteiger partial charge in [0.05, 0.1) is 5.69 Å². The number of benzene rings is 2. The summed E-state index contributed by atoms with van der Waals surface area (Å²) in [6.07, 6.45) is 0. The maximum Gasteiger partial charge on any atom is 0.187 e. The van der Waals surface area contributed by atoms with Gasteiger partial charge in [-0.05, 0) is 48.5 Å². The topological polar surface area (TPSA) is 24.9 Å². The summed E-state index contributed by atoms with van der Waals surface area (Å²) in [4.78, 5) is 4.48. The second kappa shape index (κ2) is 7.02. The molecule has 0 aliphatic heterocycles. The lowest BCUT2D eigenvalue weighted by molar-refractivity contribution is -0.00000443. The van der Waals surface area contributed by atoms with Crippen molar-refractivity contribution in [2.75, 3.05) is 5.32 Å². The molecule has 0 fully saturated rings. The molecule has 2 aromatic carbocycles. The molecule has 0 amide bonds. The summed E-state index contributed by atoms with van der Waals surface area (Å²) in [5.41, 5.74) is 2.65. The van der Waals surface area contributed by atoms with Crippen LogP contribution in [0.4, 0.5) is 15.2 Å². The van der Waals surface area contributed by atoms with Crippen molar-refractivity contribution in [2.24, 2.45) is 0 Å². The van der Waals surface area contributed by atoms with E-state index in [1.54, 1.807) is 12.1 Å². The lowest BCUT2D eigenvalue weighted by Crippen LogP contribution is -3.00. The Morgan fingerprint density at radius 3 is 2.33 bits per heavy atom. The van der Waals surface area contributed by atoms with Crippen LogP contribution in [0.25, 0.3) is 11.3 Å². The van der Waals surface area contributed by atoms with Crippen LogP contribution in [0.1, 0.15) is 0 Å². The maximum atomic E-state index is 12.9. The Morgan fingerprint density at radius 1 is 1.00 bits per heavy atom. The molecule has 1 N–H and O–H groups in total. The smallest absolute Gasteiger partial charge is 0.187 e. The molecule has 1 aromatic heterocycles. The summed E-state index contributed by atoms with van der Waals surface area (Å²) >= 11 is 7.34. The second-order valence-corrected chi connectivity index (χ2v) is 5.47. The van der Waals surface area contributed by atoms with Gasteiger partial charge >= 0.3 is 0 Å². The molecule has 108 valence electrons. The number of aromatic nitrogens is 1. The van der Waals surface area contributed by atoms with Crippen molar-refractivity contribution in [3.05, 3.63) is 64.8 Å². The molecule has 0 saturated heterocycles. The molecule has 1 heterocycles. The first kappa shape index (κ1) is 15.9. The molecule has 0 bridgehead atoms. The highest BCUT2D eigenvalue weighted by Crippen LogP contribution is 2.27. The molecule has 0 unspecified atom stereocenters. The van der Waals surface area contributed by atoms with E-state index in [1.807, 2.05) is 29.6 Å². The van der Waals surface area contributed by atoms with E-state index in [-0.39, 0.29) is 22.8 Å². The van der Waals surface area contributed by atoms with E-state index in [9.17, 15) is 4.39 Å². The number of nitrogens with zero attached hydrogens (tertiary/aromatic N) is 1. The first-order valence-corrected chi connectivity index (χ1v) is 7.20. The van der Waals surface area contributed by atoms with E-state index in [2.05, 4.69) is 10.3 Å². The third kappa shape index (κ3) is 4.03. The van der Waals surface area contributed by atoms with Gasteiger partial charge in [0.2, 0.25) is 0 Å². The zero-order valence-electron chi connectivity index (χ0n) is 10.7. The SMILES string of the molecule is Fc1ccc(-c2csc(Nc3ccc(Cl)cc3)n2)cc1.[Br-]. The number of halogens is 3. The summed E-state index contributed by atoms with van der Waals surface area (Å²) in [6, 6.07) is 13.7. The largest absolute Gasteiger partial charge is 1.00 e. The highest BCUT2D eigenvalue weighted by molar-refractivity contribution is 7.14. The molecule has 6 heteroatoms. The predicted molar refractivity (Wildman–Crippen MR) is 82.2 cm³/mol. The Bertz CT molecular complexity index is 713. The fourth-order valence-electron chi connectivity index (χ4n) is 1.74. The van der Waals surface area contributed by atoms with Crippen molar-refractivity contribution in [1.82, 2.24) is 4.98 Å². The molecule has 0 radical (unpaired) electrons. The molecule has 0 aliphatic rings. The Balaban J connectivity index is 0.00000161. The van der Waals surface area contributed by atoms with Crippen LogP contribution in [-0.4, -0.2) is 4.98 Å². The van der Waals surface area contributed by atoms with Crippen molar-refractivity contribution in [2.45, 2.75) is 0 Å². The van der Waals surface area contributed by atoms with Crippen LogP contribution >= 0.6 is 22.9 Å². The Hall–Kier alpha value is -1.43. The van der Waals surface area contributed by atoms with E-state index in [0.717, 1.165) is 22.1 Å². The molecular formula is C15H10BrClFN2S-. The van der Waals surface area contributed by atoms with Crippen molar-refractivity contribution in [3.63, 3.8) is 0 Å². The normalized spacial score (nSPS) is 10.0. The van der Waals surface area contributed by atoms with Crippen molar-refractivity contribution < 1.29 is 21.4 Å². The number of hydrogen-bond acceptors (Lipinski definition) is 3. The Kier molecular flexibility index (Phi) is 5.33. The maximum absolute atomic E-state index is 12.9. The lowest BCUT2D eigenvalue weighted by atomic mass is 10.2. The van der Waals surface area contributed by atoms with E-state index in [1.165, 1.54) is 23.5 Å². The van der Waals surface area contributed by atoms with Gasteiger partial charge in [-0.15, -0.1) is 11.3 Å². The van der Waals surface area contributed by atoms with E-state index in [4.69, 9.17) is 11.6 Å². The first-order chi connectivity index (χ1) is 9.70. The van der Waals surface area contributed by atoms with Gasteiger partial charge in [-0.25, -0.2) is 9.37 Å². The van der Waals surface area contributed by atoms with Gasteiger partial charge in [0.1, 0.15) is 5.82 Å². The van der Waals surface area contributed by atoms with Gasteiger partial charge in [-0.1, -0.05) is 11.6 Å². The van der Waals surface area contributed by atoms with Gasteiger partial charge in [-0.3, -0.25) is 0 Å². The summed E-state index contributed by atoms with van der Waals surface area (Å²) in [5, 5.41) is 6.62. The fraction of sp³-hybridized carbons (Fsp3) is 0. The summed E-state index contributed by atoms with van der Waals surface area (Å²) in [5.74, 6) is -0.247. The van der Waals surface area contributed by atoms with Crippen LogP contribution in [0.5, 0.6) is 0 Å². The van der Waals surface area contributed by atoms with Crippen LogP contribution in [0.15, 0.2) is 53.9 Å². The van der Waals surface area contributed by atoms with Gasteiger partial charge < -0.3 is 22.3 Å². The van der Waals surface area contributed by atoms with Gasteiger partial charge in [0.15, 0.2) is 5.13 Å². The zero-order valence-corrected chi connectivity index (χ0v) is 13.8. The third-order valence-electron chi connectivity index (χ3n) is 2.74. The Morgan fingerprint density at radius 2 is 1.67 bits per heavy atom. The molecule has 0 saturated carbocycles. The highest BCUT2D eigenvalue weighted by Gasteiger charge is 2.05. The van der Waals surface area contributed by atoms with Crippen LogP contribution in [0.2, 0.25) is 5.02 Å². The molecule has 0 atom stereocenters. The molecule has 21 heavy (non-hydrogen) atoms. The van der Waals surface area contributed by atoms with E-state index in [0.29, 0.717) is 5.02 Å². The first-order valence-electron chi connectivity index (χ1n) is 5.95. The molecule has 3 rings (SSSR count). The highest BCUT2D eigenvalue weighted by atomic mass is 79.9. The zero-order chi connectivity index (χ0) is 13.9. The van der Waals surface area contributed by atoms with E-state index >= 15 is 0 Å². The molecule has 0 aliphatic carbocycles. The van der Waals surface area contributed by atoms with Crippen molar-refractivity contribution >= 4 is 33.8 Å². The summed E-state index contributed by atoms with van der Waals surface area (Å²) in [6.45, 7) is 0. The monoisotopic (exact) mass is 383 g/mol. The van der Waals surface area contributed by atoms with Crippen LogP contribution in [0.3, 0.4) is 0 Å². The minimum absolute atomic E-state index is 0. The summed E-state index contributed by atoms with van der Waals surface area (Å²) < 4.78 is 12.9. The molecule has 0 spiro atoms. The van der Waals surface area contributed by atoms with E-state index < -0.39 is 0 Å². The number of hydrogen-bond donors (Lipinski definition) is 1. The number of thiazole rings is 1. The quantitative estimate of drug-likeness (QED) is 0.750. The van der Waals surface area contributed by atoms with Crippen molar-refractivity contribution in [1.29, 1.82) is 0 Å². The van der Waals surface area contributed by atoms with Gasteiger partial charge in [-0.2, -0.15) is 0 Å². The molecular weight excluding hydrogens is 375 g/mol. The molecule has 2 nitrogen and oxygen atoms in total. The van der Waals surface area contributed by atoms with Crippen LogP contribution in [0, 0.1) is 5.82 Å². The minimum atomic E-state index is -0.247. The number of nitrogens with one attached hydrogen (secondary N) is 1. The van der Waals surface area contributed by atoms with Crippen molar-refractivity contribution in [3.8, 4) is 11.3 Å². The van der Waals surface area contributed by atoms with Crippen LogP contribution in [-0.2, 0) is 0 Å². The Labute approximate surface area is 141 Å². The average Bonchev–Trinajstić information content (AvgIpc) is 2.91. The minimum Gasteiger partial charge on any atom is -1.00 e. The van der Waals surface area contributed by atoms with Gasteiger partial charge in [0.25, 0.3) is 0 Å². The third-order valence-corrected chi connectivity index (χ3v) is 3.75. The molecule has 3 aromatic rings. The second-order valence-electron chi connectivity index (χ2n) is 4.18.